The van der Waals surface area contributed by atoms with E-state index >= 15 is 0 Å². The summed E-state index contributed by atoms with van der Waals surface area (Å²) in [5.74, 6) is 0.407. The molecule has 1 saturated carbocycles. The molecule has 0 radical (unpaired) electrons. The van der Waals surface area contributed by atoms with E-state index in [0.29, 0.717) is 11.2 Å². The molecule has 0 aliphatic heterocycles. The monoisotopic (exact) mass is 247 g/mol. The fourth-order valence-electron chi connectivity index (χ4n) is 3.10. The van der Waals surface area contributed by atoms with E-state index in [1.165, 1.54) is 37.7 Å². The van der Waals surface area contributed by atoms with Gasteiger partial charge in [-0.3, -0.25) is 0 Å². The second kappa shape index (κ2) is 5.75. The summed E-state index contributed by atoms with van der Waals surface area (Å²) in [7, 11) is 0. The first kappa shape index (κ1) is 13.4. The standard InChI is InChI=1S/C16H25NO/c1-3-16(8-4-5-9-16)12-17-11-14-10-13(2)6-7-15(14)18/h6-7,10,17-18H,3-5,8-9,11-12H2,1-2H3. The van der Waals surface area contributed by atoms with Crippen molar-refractivity contribution >= 4 is 0 Å². The molecule has 1 aliphatic rings. The Bertz CT molecular complexity index is 394. The predicted molar refractivity (Wildman–Crippen MR) is 75.7 cm³/mol. The average Bonchev–Trinajstić information content (AvgIpc) is 2.83. The highest BCUT2D eigenvalue weighted by Gasteiger charge is 2.31. The number of benzene rings is 1. The van der Waals surface area contributed by atoms with Crippen LogP contribution in [0.3, 0.4) is 0 Å². The number of hydrogen-bond donors (Lipinski definition) is 2. The Morgan fingerprint density at radius 1 is 1.28 bits per heavy atom. The van der Waals surface area contributed by atoms with Crippen molar-refractivity contribution in [1.82, 2.24) is 5.32 Å². The number of aromatic hydroxyl groups is 1. The number of nitrogens with one attached hydrogen (secondary N) is 1. The third kappa shape index (κ3) is 3.05. The molecule has 1 aromatic carbocycles. The zero-order chi connectivity index (χ0) is 13.0. The van der Waals surface area contributed by atoms with Crippen molar-refractivity contribution in [1.29, 1.82) is 0 Å². The van der Waals surface area contributed by atoms with E-state index < -0.39 is 0 Å². The molecule has 0 aromatic heterocycles. The van der Waals surface area contributed by atoms with Gasteiger partial charge in [0.1, 0.15) is 5.75 Å². The topological polar surface area (TPSA) is 32.3 Å². The quantitative estimate of drug-likeness (QED) is 0.830. The lowest BCUT2D eigenvalue weighted by Crippen LogP contribution is -2.31. The van der Waals surface area contributed by atoms with Crippen LogP contribution in [0.25, 0.3) is 0 Å². The normalized spacial score (nSPS) is 18.1. The molecule has 100 valence electrons. The first-order valence-electron chi connectivity index (χ1n) is 7.14. The van der Waals surface area contributed by atoms with Gasteiger partial charge in [-0.25, -0.2) is 0 Å². The highest BCUT2D eigenvalue weighted by Crippen LogP contribution is 2.40. The van der Waals surface area contributed by atoms with Gasteiger partial charge in [0.05, 0.1) is 0 Å². The molecule has 2 rings (SSSR count). The first-order valence-corrected chi connectivity index (χ1v) is 7.14. The Morgan fingerprint density at radius 2 is 2.00 bits per heavy atom. The maximum absolute atomic E-state index is 9.81. The van der Waals surface area contributed by atoms with Gasteiger partial charge in [0.25, 0.3) is 0 Å². The Morgan fingerprint density at radius 3 is 2.67 bits per heavy atom. The third-order valence-electron chi connectivity index (χ3n) is 4.46. The van der Waals surface area contributed by atoms with Gasteiger partial charge in [0.2, 0.25) is 0 Å². The van der Waals surface area contributed by atoms with Crippen LogP contribution < -0.4 is 5.32 Å². The summed E-state index contributed by atoms with van der Waals surface area (Å²) in [6.07, 6.45) is 6.74. The number of rotatable bonds is 5. The largest absolute Gasteiger partial charge is 0.508 e. The van der Waals surface area contributed by atoms with E-state index in [4.69, 9.17) is 0 Å². The highest BCUT2D eigenvalue weighted by molar-refractivity contribution is 5.35. The van der Waals surface area contributed by atoms with Gasteiger partial charge in [-0.2, -0.15) is 0 Å². The molecule has 18 heavy (non-hydrogen) atoms. The van der Waals surface area contributed by atoms with Gasteiger partial charge in [0, 0.05) is 18.7 Å². The van der Waals surface area contributed by atoms with Crippen molar-refractivity contribution in [2.75, 3.05) is 6.54 Å². The summed E-state index contributed by atoms with van der Waals surface area (Å²) < 4.78 is 0. The smallest absolute Gasteiger partial charge is 0.120 e. The molecule has 1 aliphatic carbocycles. The van der Waals surface area contributed by atoms with Crippen LogP contribution in [0.15, 0.2) is 18.2 Å². The van der Waals surface area contributed by atoms with Gasteiger partial charge < -0.3 is 10.4 Å². The lowest BCUT2D eigenvalue weighted by Gasteiger charge is -2.28. The summed E-state index contributed by atoms with van der Waals surface area (Å²) >= 11 is 0. The molecule has 0 spiro atoms. The Hall–Kier alpha value is -1.02. The van der Waals surface area contributed by atoms with Crippen LogP contribution >= 0.6 is 0 Å². The van der Waals surface area contributed by atoms with Crippen LogP contribution in [0.1, 0.15) is 50.2 Å². The lowest BCUT2D eigenvalue weighted by molar-refractivity contribution is 0.267. The van der Waals surface area contributed by atoms with Gasteiger partial charge in [-0.05, 0) is 37.7 Å². The zero-order valence-electron chi connectivity index (χ0n) is 11.6. The summed E-state index contributed by atoms with van der Waals surface area (Å²) in [5.41, 5.74) is 2.73. The summed E-state index contributed by atoms with van der Waals surface area (Å²) in [4.78, 5) is 0. The minimum atomic E-state index is 0.407. The summed E-state index contributed by atoms with van der Waals surface area (Å²) in [6, 6.07) is 5.80. The second-order valence-corrected chi connectivity index (χ2v) is 5.80. The van der Waals surface area contributed by atoms with Crippen LogP contribution in [-0.4, -0.2) is 11.7 Å². The van der Waals surface area contributed by atoms with Crippen molar-refractivity contribution in [3.8, 4) is 5.75 Å². The van der Waals surface area contributed by atoms with Crippen molar-refractivity contribution < 1.29 is 5.11 Å². The molecule has 0 atom stereocenters. The molecule has 0 saturated heterocycles. The molecule has 0 bridgehead atoms. The SMILES string of the molecule is CCC1(CNCc2cc(C)ccc2O)CCCC1. The number of aryl methyl sites for hydroxylation is 1. The number of phenolic OH excluding ortho intramolecular Hbond substituents is 1. The molecule has 0 heterocycles. The first-order chi connectivity index (χ1) is 8.65. The zero-order valence-corrected chi connectivity index (χ0v) is 11.6. The fourth-order valence-corrected chi connectivity index (χ4v) is 3.10. The molecule has 1 aromatic rings. The molecule has 0 amide bonds. The van der Waals surface area contributed by atoms with Crippen molar-refractivity contribution in [3.63, 3.8) is 0 Å². The predicted octanol–water partition coefficient (Wildman–Crippen LogP) is 3.76. The Kier molecular flexibility index (Phi) is 4.28. The minimum Gasteiger partial charge on any atom is -0.508 e. The van der Waals surface area contributed by atoms with Crippen LogP contribution in [0.5, 0.6) is 5.75 Å². The van der Waals surface area contributed by atoms with E-state index in [0.717, 1.165) is 18.7 Å². The van der Waals surface area contributed by atoms with Crippen LogP contribution in [0.2, 0.25) is 0 Å². The maximum Gasteiger partial charge on any atom is 0.120 e. The Labute approximate surface area is 110 Å². The molecule has 1 fully saturated rings. The third-order valence-corrected chi connectivity index (χ3v) is 4.46. The van der Waals surface area contributed by atoms with Gasteiger partial charge in [0.15, 0.2) is 0 Å². The molecule has 2 N–H and O–H groups in total. The Balaban J connectivity index is 1.89. The summed E-state index contributed by atoms with van der Waals surface area (Å²) in [5, 5.41) is 13.4. The van der Waals surface area contributed by atoms with Crippen LogP contribution in [0.4, 0.5) is 0 Å². The van der Waals surface area contributed by atoms with Crippen molar-refractivity contribution in [3.05, 3.63) is 29.3 Å². The molecular weight excluding hydrogens is 222 g/mol. The van der Waals surface area contributed by atoms with Crippen LogP contribution in [0, 0.1) is 12.3 Å². The maximum atomic E-state index is 9.81. The van der Waals surface area contributed by atoms with Gasteiger partial charge >= 0.3 is 0 Å². The average molecular weight is 247 g/mol. The van der Waals surface area contributed by atoms with E-state index in [2.05, 4.69) is 25.2 Å². The van der Waals surface area contributed by atoms with E-state index in [1.54, 1.807) is 6.07 Å². The molecule has 0 unspecified atom stereocenters. The highest BCUT2D eigenvalue weighted by atomic mass is 16.3. The lowest BCUT2D eigenvalue weighted by atomic mass is 9.83. The van der Waals surface area contributed by atoms with Crippen molar-refractivity contribution in [2.45, 2.75) is 52.5 Å². The second-order valence-electron chi connectivity index (χ2n) is 5.80. The van der Waals surface area contributed by atoms with Crippen molar-refractivity contribution in [2.24, 2.45) is 5.41 Å². The molecule has 2 nitrogen and oxygen atoms in total. The van der Waals surface area contributed by atoms with Gasteiger partial charge in [-0.15, -0.1) is 0 Å². The van der Waals surface area contributed by atoms with E-state index in [1.807, 2.05) is 6.07 Å². The number of hydrogen-bond acceptors (Lipinski definition) is 2. The fraction of sp³-hybridized carbons (Fsp3) is 0.625. The van der Waals surface area contributed by atoms with E-state index in [9.17, 15) is 5.11 Å². The minimum absolute atomic E-state index is 0.407. The number of phenols is 1. The van der Waals surface area contributed by atoms with Gasteiger partial charge in [-0.1, -0.05) is 37.5 Å². The summed E-state index contributed by atoms with van der Waals surface area (Å²) in [6.45, 7) is 6.22. The molecule has 2 heteroatoms. The van der Waals surface area contributed by atoms with Crippen LogP contribution in [-0.2, 0) is 6.54 Å². The van der Waals surface area contributed by atoms with E-state index in [-0.39, 0.29) is 0 Å². The molecular formula is C16H25NO.